The lowest BCUT2D eigenvalue weighted by molar-refractivity contribution is 0.670. The molecule has 3 nitrogen and oxygen atoms in total. The van der Waals surface area contributed by atoms with Crippen molar-refractivity contribution in [3.8, 4) is 44.8 Å². The van der Waals surface area contributed by atoms with Crippen molar-refractivity contribution >= 4 is 93.0 Å². The van der Waals surface area contributed by atoms with Gasteiger partial charge in [0.05, 0.1) is 22.1 Å². The van der Waals surface area contributed by atoms with Gasteiger partial charge in [0.15, 0.2) is 0 Å². The first kappa shape index (κ1) is 36.7. The molecule has 0 aliphatic heterocycles. The third-order valence-corrected chi connectivity index (χ3v) is 14.6. The highest BCUT2D eigenvalue weighted by Gasteiger charge is 2.18. The molecule has 0 saturated heterocycles. The third-order valence-electron chi connectivity index (χ3n) is 13.3. The first-order valence-electron chi connectivity index (χ1n) is 21.9. The first-order chi connectivity index (χ1) is 31.6. The zero-order chi connectivity index (χ0) is 42.5. The van der Waals surface area contributed by atoms with Crippen molar-refractivity contribution in [1.29, 1.82) is 0 Å². The second kappa shape index (κ2) is 14.3. The predicted molar refractivity (Wildman–Crippen MR) is 274 cm³/mol. The summed E-state index contributed by atoms with van der Waals surface area (Å²) in [6, 6.07) is 70.9. The SMILES string of the molecule is C/C=C\c1sc2c(-c3ccc(-n4c5ccccc5c5cc(-c6ccc7c(c6)c6ccccc6n7-c6ccc(-c7cccc8c7oc7ccccc78)cc6)ccc54)cc3)cccc2c1C. The number of furan rings is 1. The highest BCUT2D eigenvalue weighted by molar-refractivity contribution is 7.20. The molecule has 0 unspecified atom stereocenters. The van der Waals surface area contributed by atoms with Gasteiger partial charge in [-0.1, -0.05) is 133 Å². The molecular formula is C60H40N2OS. The van der Waals surface area contributed by atoms with Crippen LogP contribution >= 0.6 is 11.3 Å². The van der Waals surface area contributed by atoms with Crippen molar-refractivity contribution in [3.05, 3.63) is 211 Å². The van der Waals surface area contributed by atoms with E-state index in [1.165, 1.54) is 86.4 Å². The molecule has 0 radical (unpaired) electrons. The number of rotatable bonds is 6. The molecule has 0 spiro atoms. The molecule has 64 heavy (non-hydrogen) atoms. The van der Waals surface area contributed by atoms with Gasteiger partial charge >= 0.3 is 0 Å². The van der Waals surface area contributed by atoms with Crippen LogP contribution in [0, 0.1) is 6.92 Å². The van der Waals surface area contributed by atoms with Crippen molar-refractivity contribution < 1.29 is 4.42 Å². The number of para-hydroxylation sites is 4. The van der Waals surface area contributed by atoms with Crippen LogP contribution in [-0.2, 0) is 0 Å². The van der Waals surface area contributed by atoms with Crippen LogP contribution in [0.2, 0.25) is 0 Å². The molecule has 0 bridgehead atoms. The molecule has 4 aromatic heterocycles. The molecule has 4 heteroatoms. The summed E-state index contributed by atoms with van der Waals surface area (Å²) in [7, 11) is 0. The molecular weight excluding hydrogens is 797 g/mol. The van der Waals surface area contributed by atoms with Crippen LogP contribution in [0.5, 0.6) is 0 Å². The lowest BCUT2D eigenvalue weighted by atomic mass is 10.0. The van der Waals surface area contributed by atoms with Gasteiger partial charge in [0.2, 0.25) is 0 Å². The highest BCUT2D eigenvalue weighted by Crippen LogP contribution is 2.42. The maximum Gasteiger partial charge on any atom is 0.143 e. The Kier molecular flexibility index (Phi) is 8.21. The van der Waals surface area contributed by atoms with Gasteiger partial charge in [-0.2, -0.15) is 0 Å². The summed E-state index contributed by atoms with van der Waals surface area (Å²) in [6.07, 6.45) is 4.36. The number of benzene rings is 9. The monoisotopic (exact) mass is 836 g/mol. The standard InChI is InChI=1S/C60H40N2OS/c1-3-12-58-37(2)44-16-10-18-46(60(44)64-58)39-25-31-43(32-26-39)62-54-21-8-5-14-48(54)52-36-41(28-34-56(52)62)40-27-33-55-51(35-40)47-13-4-7-20-53(47)61(55)42-29-23-38(24-30-42)45-17-11-19-50-49-15-6-9-22-57(49)63-59(45)50/h3-36H,1-2H3/b12-3-. The fraction of sp³-hybridized carbons (Fsp3) is 0.0333. The van der Waals surface area contributed by atoms with Gasteiger partial charge in [-0.3, -0.25) is 0 Å². The van der Waals surface area contributed by atoms with Gasteiger partial charge in [-0.15, -0.1) is 11.3 Å². The van der Waals surface area contributed by atoms with E-state index in [-0.39, 0.29) is 0 Å². The lowest BCUT2D eigenvalue weighted by Crippen LogP contribution is -1.94. The second-order valence-corrected chi connectivity index (χ2v) is 17.9. The first-order valence-corrected chi connectivity index (χ1v) is 22.8. The lowest BCUT2D eigenvalue weighted by Gasteiger charge is -2.11. The number of aromatic nitrogens is 2. The van der Waals surface area contributed by atoms with Gasteiger partial charge in [0.25, 0.3) is 0 Å². The molecule has 0 fully saturated rings. The average Bonchev–Trinajstić information content (AvgIpc) is 4.09. The van der Waals surface area contributed by atoms with E-state index in [0.29, 0.717) is 0 Å². The highest BCUT2D eigenvalue weighted by atomic mass is 32.1. The quantitative estimate of drug-likeness (QED) is 0.164. The van der Waals surface area contributed by atoms with Crippen LogP contribution < -0.4 is 0 Å². The normalized spacial score (nSPS) is 12.2. The van der Waals surface area contributed by atoms with Crippen molar-refractivity contribution in [2.24, 2.45) is 0 Å². The molecule has 0 saturated carbocycles. The van der Waals surface area contributed by atoms with E-state index in [2.05, 4.69) is 217 Å². The van der Waals surface area contributed by atoms with Crippen LogP contribution in [-0.4, -0.2) is 9.13 Å². The largest absolute Gasteiger partial charge is 0.455 e. The fourth-order valence-corrected chi connectivity index (χ4v) is 11.5. The molecule has 13 aromatic rings. The van der Waals surface area contributed by atoms with Crippen molar-refractivity contribution in [1.82, 2.24) is 9.13 Å². The van der Waals surface area contributed by atoms with E-state index in [1.54, 1.807) is 0 Å². The number of hydrogen-bond donors (Lipinski definition) is 0. The van der Waals surface area contributed by atoms with Gasteiger partial charge in [0.1, 0.15) is 11.2 Å². The molecule has 9 aromatic carbocycles. The van der Waals surface area contributed by atoms with Gasteiger partial charge in [-0.25, -0.2) is 0 Å². The molecule has 0 atom stereocenters. The van der Waals surface area contributed by atoms with Crippen molar-refractivity contribution in [2.45, 2.75) is 13.8 Å². The van der Waals surface area contributed by atoms with E-state index in [0.717, 1.165) is 44.4 Å². The summed E-state index contributed by atoms with van der Waals surface area (Å²) in [6.45, 7) is 4.32. The zero-order valence-corrected chi connectivity index (χ0v) is 36.2. The number of allylic oxidation sites excluding steroid dienone is 1. The Morgan fingerprint density at radius 3 is 1.52 bits per heavy atom. The van der Waals surface area contributed by atoms with E-state index in [1.807, 2.05) is 23.5 Å². The van der Waals surface area contributed by atoms with Crippen molar-refractivity contribution in [2.75, 3.05) is 0 Å². The molecule has 13 rings (SSSR count). The molecule has 0 N–H and O–H groups in total. The average molecular weight is 837 g/mol. The number of fused-ring (bicyclic) bond motifs is 10. The Labute approximate surface area is 374 Å². The van der Waals surface area contributed by atoms with Crippen LogP contribution in [0.15, 0.2) is 205 Å². The smallest absolute Gasteiger partial charge is 0.143 e. The maximum atomic E-state index is 6.40. The molecule has 4 heterocycles. The Bertz CT molecular complexity index is 4020. The summed E-state index contributed by atoms with van der Waals surface area (Å²) in [4.78, 5) is 1.33. The van der Waals surface area contributed by atoms with Crippen molar-refractivity contribution in [3.63, 3.8) is 0 Å². The summed E-state index contributed by atoms with van der Waals surface area (Å²) in [5.74, 6) is 0. The number of aryl methyl sites for hydroxylation is 1. The topological polar surface area (TPSA) is 23.0 Å². The minimum Gasteiger partial charge on any atom is -0.455 e. The predicted octanol–water partition coefficient (Wildman–Crippen LogP) is 17.3. The van der Waals surface area contributed by atoms with Crippen LogP contribution in [0.25, 0.3) is 126 Å². The number of thiophene rings is 1. The Morgan fingerprint density at radius 2 is 0.906 bits per heavy atom. The van der Waals surface area contributed by atoms with Crippen LogP contribution in [0.3, 0.4) is 0 Å². The molecule has 0 aliphatic carbocycles. The minimum absolute atomic E-state index is 0.914. The maximum absolute atomic E-state index is 6.40. The van der Waals surface area contributed by atoms with Gasteiger partial charge in [-0.05, 0) is 125 Å². The molecule has 302 valence electrons. The van der Waals surface area contributed by atoms with E-state index in [4.69, 9.17) is 4.42 Å². The number of nitrogens with zero attached hydrogens (tertiary/aromatic N) is 2. The fourth-order valence-electron chi connectivity index (χ4n) is 10.2. The summed E-state index contributed by atoms with van der Waals surface area (Å²) in [5.41, 5.74) is 17.4. The Morgan fingerprint density at radius 1 is 0.422 bits per heavy atom. The van der Waals surface area contributed by atoms with E-state index in [9.17, 15) is 0 Å². The third kappa shape index (κ3) is 5.52. The summed E-state index contributed by atoms with van der Waals surface area (Å²) >= 11 is 1.88. The summed E-state index contributed by atoms with van der Waals surface area (Å²) < 4.78 is 12.6. The zero-order valence-electron chi connectivity index (χ0n) is 35.3. The second-order valence-electron chi connectivity index (χ2n) is 16.8. The van der Waals surface area contributed by atoms with Crippen LogP contribution in [0.4, 0.5) is 0 Å². The molecule has 0 aliphatic rings. The van der Waals surface area contributed by atoms with E-state index >= 15 is 0 Å². The Hall–Kier alpha value is -7.92. The van der Waals surface area contributed by atoms with Gasteiger partial charge < -0.3 is 13.6 Å². The van der Waals surface area contributed by atoms with E-state index < -0.39 is 0 Å². The Balaban J connectivity index is 0.878. The molecule has 0 amide bonds. The van der Waals surface area contributed by atoms with Crippen LogP contribution in [0.1, 0.15) is 17.4 Å². The minimum atomic E-state index is 0.914. The van der Waals surface area contributed by atoms with Gasteiger partial charge in [0, 0.05) is 58.8 Å². The number of hydrogen-bond acceptors (Lipinski definition) is 2. The summed E-state index contributed by atoms with van der Waals surface area (Å²) in [5, 5.41) is 8.58.